The maximum Gasteiger partial charge on any atom is 0.320 e. The van der Waals surface area contributed by atoms with E-state index < -0.39 is 5.97 Å². The molecule has 0 amide bonds. The van der Waals surface area contributed by atoms with Gasteiger partial charge in [0, 0.05) is 0 Å². The zero-order chi connectivity index (χ0) is 12.1. The molecule has 0 aromatic carbocycles. The van der Waals surface area contributed by atoms with E-state index in [0.717, 1.165) is 31.8 Å². The molecule has 98 valence electrons. The molecule has 1 N–H and O–H groups in total. The van der Waals surface area contributed by atoms with E-state index in [2.05, 4.69) is 4.90 Å². The van der Waals surface area contributed by atoms with Crippen molar-refractivity contribution in [1.29, 1.82) is 0 Å². The van der Waals surface area contributed by atoms with Crippen LogP contribution in [0.15, 0.2) is 0 Å². The Morgan fingerprint density at radius 1 is 1.12 bits per heavy atom. The highest BCUT2D eigenvalue weighted by Gasteiger charge is 2.27. The van der Waals surface area contributed by atoms with Crippen LogP contribution in [-0.2, 0) is 4.79 Å². The fourth-order valence-electron chi connectivity index (χ4n) is 3.07. The SMILES string of the molecule is O=C(O)[C@H]1CCCCN1CCCCC1CCC1. The number of carboxylic acid groups (broad SMARTS) is 1. The molecule has 1 aliphatic carbocycles. The number of carboxylic acids is 1. The van der Waals surface area contributed by atoms with Gasteiger partial charge < -0.3 is 5.11 Å². The van der Waals surface area contributed by atoms with Crippen LogP contribution in [-0.4, -0.2) is 35.1 Å². The van der Waals surface area contributed by atoms with Gasteiger partial charge in [-0.2, -0.15) is 0 Å². The van der Waals surface area contributed by atoms with E-state index in [-0.39, 0.29) is 6.04 Å². The van der Waals surface area contributed by atoms with Crippen LogP contribution in [0.2, 0.25) is 0 Å². The van der Waals surface area contributed by atoms with E-state index in [9.17, 15) is 4.79 Å². The first-order valence-electron chi connectivity index (χ1n) is 7.24. The average Bonchev–Trinajstić information content (AvgIpc) is 2.26. The molecule has 1 aliphatic heterocycles. The van der Waals surface area contributed by atoms with E-state index in [0.29, 0.717) is 0 Å². The van der Waals surface area contributed by atoms with E-state index in [4.69, 9.17) is 5.11 Å². The van der Waals surface area contributed by atoms with Gasteiger partial charge in [-0.3, -0.25) is 9.69 Å². The predicted molar refractivity (Wildman–Crippen MR) is 68.0 cm³/mol. The Labute approximate surface area is 104 Å². The van der Waals surface area contributed by atoms with Crippen LogP contribution in [0.3, 0.4) is 0 Å². The lowest BCUT2D eigenvalue weighted by molar-refractivity contribution is -0.144. The Morgan fingerprint density at radius 2 is 1.94 bits per heavy atom. The second-order valence-electron chi connectivity index (χ2n) is 5.68. The van der Waals surface area contributed by atoms with Crippen LogP contribution in [0, 0.1) is 5.92 Å². The lowest BCUT2D eigenvalue weighted by atomic mass is 9.82. The molecule has 3 heteroatoms. The zero-order valence-electron chi connectivity index (χ0n) is 10.7. The maximum absolute atomic E-state index is 11.1. The second-order valence-corrected chi connectivity index (χ2v) is 5.68. The minimum Gasteiger partial charge on any atom is -0.480 e. The Balaban J connectivity index is 1.63. The number of unbranched alkanes of at least 4 members (excludes halogenated alkanes) is 1. The number of hydrogen-bond donors (Lipinski definition) is 1. The van der Waals surface area contributed by atoms with Gasteiger partial charge in [-0.25, -0.2) is 0 Å². The third-order valence-electron chi connectivity index (χ3n) is 4.43. The van der Waals surface area contributed by atoms with Gasteiger partial charge in [0.1, 0.15) is 6.04 Å². The molecule has 17 heavy (non-hydrogen) atoms. The number of hydrogen-bond acceptors (Lipinski definition) is 2. The minimum absolute atomic E-state index is 0.201. The second kappa shape index (κ2) is 6.39. The molecule has 1 saturated carbocycles. The predicted octanol–water partition coefficient (Wildman–Crippen LogP) is 2.90. The summed E-state index contributed by atoms with van der Waals surface area (Å²) in [4.78, 5) is 13.3. The zero-order valence-corrected chi connectivity index (χ0v) is 10.7. The topological polar surface area (TPSA) is 40.5 Å². The molecule has 1 heterocycles. The molecule has 2 rings (SSSR count). The molecular formula is C14H25NO2. The summed E-state index contributed by atoms with van der Waals surface area (Å²) < 4.78 is 0. The van der Waals surface area contributed by atoms with Crippen molar-refractivity contribution in [3.05, 3.63) is 0 Å². The lowest BCUT2D eigenvalue weighted by Gasteiger charge is -2.33. The molecule has 3 nitrogen and oxygen atoms in total. The Morgan fingerprint density at radius 3 is 2.59 bits per heavy atom. The van der Waals surface area contributed by atoms with Crippen molar-refractivity contribution in [2.45, 2.75) is 63.8 Å². The van der Waals surface area contributed by atoms with E-state index in [1.807, 2.05) is 0 Å². The number of carbonyl (C=O) groups is 1. The lowest BCUT2D eigenvalue weighted by Crippen LogP contribution is -2.44. The molecule has 1 saturated heterocycles. The minimum atomic E-state index is -0.622. The van der Waals surface area contributed by atoms with E-state index in [1.165, 1.54) is 44.9 Å². The highest BCUT2D eigenvalue weighted by Crippen LogP contribution is 2.31. The largest absolute Gasteiger partial charge is 0.480 e. The van der Waals surface area contributed by atoms with Crippen molar-refractivity contribution in [3.8, 4) is 0 Å². The van der Waals surface area contributed by atoms with Crippen LogP contribution in [0.4, 0.5) is 0 Å². The number of aliphatic carboxylic acids is 1. The number of piperidine rings is 1. The molecule has 0 spiro atoms. The molecule has 1 atom stereocenters. The first kappa shape index (κ1) is 12.9. The Hall–Kier alpha value is -0.570. The fourth-order valence-corrected chi connectivity index (χ4v) is 3.07. The number of rotatable bonds is 6. The van der Waals surface area contributed by atoms with Crippen molar-refractivity contribution >= 4 is 5.97 Å². The van der Waals surface area contributed by atoms with Crippen molar-refractivity contribution in [2.75, 3.05) is 13.1 Å². The van der Waals surface area contributed by atoms with Gasteiger partial charge in [-0.15, -0.1) is 0 Å². The summed E-state index contributed by atoms with van der Waals surface area (Å²) in [6, 6.07) is -0.201. The molecule has 0 radical (unpaired) electrons. The van der Waals surface area contributed by atoms with Crippen LogP contribution < -0.4 is 0 Å². The summed E-state index contributed by atoms with van der Waals surface area (Å²) in [6.07, 6.45) is 11.2. The van der Waals surface area contributed by atoms with Gasteiger partial charge in [0.15, 0.2) is 0 Å². The average molecular weight is 239 g/mol. The standard InChI is InChI=1S/C14H25NO2/c16-14(17)13-9-2-4-11-15(13)10-3-1-6-12-7-5-8-12/h12-13H,1-11H2,(H,16,17)/t13-/m1/s1. The van der Waals surface area contributed by atoms with Crippen molar-refractivity contribution < 1.29 is 9.90 Å². The molecular weight excluding hydrogens is 214 g/mol. The Kier molecular flexibility index (Phi) is 4.84. The van der Waals surface area contributed by atoms with E-state index >= 15 is 0 Å². The summed E-state index contributed by atoms with van der Waals surface area (Å²) in [5.41, 5.74) is 0. The highest BCUT2D eigenvalue weighted by atomic mass is 16.4. The fraction of sp³-hybridized carbons (Fsp3) is 0.929. The number of likely N-dealkylation sites (tertiary alicyclic amines) is 1. The van der Waals surface area contributed by atoms with Crippen molar-refractivity contribution in [3.63, 3.8) is 0 Å². The number of nitrogens with zero attached hydrogens (tertiary/aromatic N) is 1. The van der Waals surface area contributed by atoms with Gasteiger partial charge in [0.2, 0.25) is 0 Å². The van der Waals surface area contributed by atoms with Gasteiger partial charge in [-0.1, -0.05) is 38.5 Å². The van der Waals surface area contributed by atoms with Crippen molar-refractivity contribution in [2.24, 2.45) is 5.92 Å². The molecule has 0 aromatic rings. The highest BCUT2D eigenvalue weighted by molar-refractivity contribution is 5.73. The van der Waals surface area contributed by atoms with Crippen LogP contribution in [0.25, 0.3) is 0 Å². The van der Waals surface area contributed by atoms with Gasteiger partial charge in [-0.05, 0) is 38.3 Å². The Bertz CT molecular complexity index is 251. The molecule has 0 bridgehead atoms. The normalized spacial score (nSPS) is 26.7. The summed E-state index contributed by atoms with van der Waals surface area (Å²) in [6.45, 7) is 1.98. The smallest absolute Gasteiger partial charge is 0.320 e. The first-order chi connectivity index (χ1) is 8.27. The molecule has 0 unspecified atom stereocenters. The first-order valence-corrected chi connectivity index (χ1v) is 7.24. The van der Waals surface area contributed by atoms with Crippen LogP contribution in [0.5, 0.6) is 0 Å². The van der Waals surface area contributed by atoms with Crippen molar-refractivity contribution in [1.82, 2.24) is 4.90 Å². The molecule has 2 aliphatic rings. The van der Waals surface area contributed by atoms with E-state index in [1.54, 1.807) is 0 Å². The summed E-state index contributed by atoms with van der Waals surface area (Å²) in [5.74, 6) is 0.371. The summed E-state index contributed by atoms with van der Waals surface area (Å²) >= 11 is 0. The molecule has 0 aromatic heterocycles. The van der Waals surface area contributed by atoms with Crippen LogP contribution in [0.1, 0.15) is 57.8 Å². The quantitative estimate of drug-likeness (QED) is 0.725. The third kappa shape index (κ3) is 3.70. The monoisotopic (exact) mass is 239 g/mol. The van der Waals surface area contributed by atoms with Crippen LogP contribution >= 0.6 is 0 Å². The van der Waals surface area contributed by atoms with Gasteiger partial charge in [0.25, 0.3) is 0 Å². The third-order valence-corrected chi connectivity index (χ3v) is 4.43. The van der Waals surface area contributed by atoms with Gasteiger partial charge in [0.05, 0.1) is 0 Å². The maximum atomic E-state index is 11.1. The summed E-state index contributed by atoms with van der Waals surface area (Å²) in [7, 11) is 0. The van der Waals surface area contributed by atoms with Gasteiger partial charge >= 0.3 is 5.97 Å². The molecule has 2 fully saturated rings. The summed E-state index contributed by atoms with van der Waals surface area (Å²) in [5, 5.41) is 9.16.